The number of carbonyl (C=O) groups is 1. The van der Waals surface area contributed by atoms with Crippen molar-refractivity contribution in [2.24, 2.45) is 0 Å². The molecule has 6 nitrogen and oxygen atoms in total. The van der Waals surface area contributed by atoms with Crippen molar-refractivity contribution < 1.29 is 19.7 Å². The van der Waals surface area contributed by atoms with Gasteiger partial charge in [0.25, 0.3) is 0 Å². The molecule has 2 heterocycles. The molecule has 2 N–H and O–H groups in total. The van der Waals surface area contributed by atoms with Gasteiger partial charge in [0.2, 0.25) is 0 Å². The number of hydrogen-bond donors (Lipinski definition) is 2. The third kappa shape index (κ3) is 4.78. The summed E-state index contributed by atoms with van der Waals surface area (Å²) in [5, 5.41) is 21.4. The Kier molecular flexibility index (Phi) is 6.41. The molecule has 1 aromatic heterocycles. The molecule has 0 aliphatic carbocycles. The smallest absolute Gasteiger partial charge is 0.410 e. The van der Waals surface area contributed by atoms with Gasteiger partial charge in [-0.25, -0.2) is 9.78 Å². The third-order valence-electron chi connectivity index (χ3n) is 5.92. The zero-order valence-corrected chi connectivity index (χ0v) is 20.4. The first-order valence-corrected chi connectivity index (χ1v) is 13.7. The van der Waals surface area contributed by atoms with Crippen molar-refractivity contribution in [3.63, 3.8) is 0 Å². The van der Waals surface area contributed by atoms with Gasteiger partial charge >= 0.3 is 6.09 Å². The average molecular weight is 429 g/mol. The summed E-state index contributed by atoms with van der Waals surface area (Å²) in [5.74, 6) is 0. The quantitative estimate of drug-likeness (QED) is 0.719. The van der Waals surface area contributed by atoms with Gasteiger partial charge in [-0.3, -0.25) is 0 Å². The summed E-state index contributed by atoms with van der Waals surface area (Å²) in [7, 11) is -1.86. The van der Waals surface area contributed by atoms with E-state index in [9.17, 15) is 15.0 Å². The summed E-state index contributed by atoms with van der Waals surface area (Å²) in [6, 6.07) is 0. The Balaban J connectivity index is 2.23. The van der Waals surface area contributed by atoms with Crippen LogP contribution in [0.25, 0.3) is 0 Å². The predicted octanol–water partition coefficient (Wildman–Crippen LogP) is 3.57. The SMILES string of the molecule is CC(C)(C)OC(=O)N1CCC(O)(c2sc([Si](C)(C)C(C)(C)C)nc2CO)CC1. The Bertz CT molecular complexity index is 711. The molecule has 2 rings (SSSR count). The van der Waals surface area contributed by atoms with Gasteiger partial charge in [0, 0.05) is 13.1 Å². The molecule has 160 valence electrons. The van der Waals surface area contributed by atoms with Crippen molar-refractivity contribution in [3.8, 4) is 0 Å². The fourth-order valence-corrected chi connectivity index (χ4v) is 7.30. The van der Waals surface area contributed by atoms with Gasteiger partial charge in [0.1, 0.15) is 19.3 Å². The van der Waals surface area contributed by atoms with Crippen LogP contribution in [0.3, 0.4) is 0 Å². The highest BCUT2D eigenvalue weighted by molar-refractivity contribution is 7.26. The lowest BCUT2D eigenvalue weighted by atomic mass is 9.89. The summed E-state index contributed by atoms with van der Waals surface area (Å²) in [5.41, 5.74) is -1.02. The normalized spacial score (nSPS) is 18.3. The highest BCUT2D eigenvalue weighted by Gasteiger charge is 2.44. The van der Waals surface area contributed by atoms with E-state index in [1.165, 1.54) is 0 Å². The molecule has 0 unspecified atom stereocenters. The number of amides is 1. The minimum absolute atomic E-state index is 0.123. The van der Waals surface area contributed by atoms with Crippen molar-refractivity contribution >= 4 is 30.1 Å². The van der Waals surface area contributed by atoms with E-state index < -0.39 is 19.3 Å². The maximum atomic E-state index is 12.3. The predicted molar refractivity (Wildman–Crippen MR) is 116 cm³/mol. The van der Waals surface area contributed by atoms with Crippen molar-refractivity contribution in [3.05, 3.63) is 10.6 Å². The van der Waals surface area contributed by atoms with E-state index in [0.29, 0.717) is 31.6 Å². The van der Waals surface area contributed by atoms with Gasteiger partial charge in [-0.05, 0) is 38.7 Å². The number of hydrogen-bond acceptors (Lipinski definition) is 6. The maximum absolute atomic E-state index is 12.3. The van der Waals surface area contributed by atoms with Crippen LogP contribution in [0.15, 0.2) is 0 Å². The third-order valence-corrected chi connectivity index (χ3v) is 13.8. The molecule has 0 bridgehead atoms. The molecular weight excluding hydrogens is 392 g/mol. The molecule has 0 radical (unpaired) electrons. The van der Waals surface area contributed by atoms with E-state index in [2.05, 4.69) is 33.9 Å². The van der Waals surface area contributed by atoms with Crippen LogP contribution >= 0.6 is 11.3 Å². The highest BCUT2D eigenvalue weighted by Crippen LogP contribution is 2.41. The van der Waals surface area contributed by atoms with Crippen LogP contribution in [-0.2, 0) is 16.9 Å². The number of aromatic nitrogens is 1. The Labute approximate surface area is 173 Å². The second kappa shape index (κ2) is 7.70. The lowest BCUT2D eigenvalue weighted by Crippen LogP contribution is -2.49. The topological polar surface area (TPSA) is 82.9 Å². The van der Waals surface area contributed by atoms with Gasteiger partial charge in [-0.2, -0.15) is 0 Å². The molecule has 1 aliphatic heterocycles. The van der Waals surface area contributed by atoms with E-state index in [-0.39, 0.29) is 17.7 Å². The van der Waals surface area contributed by atoms with Crippen LogP contribution in [-0.4, -0.2) is 53.0 Å². The molecule has 0 saturated carbocycles. The maximum Gasteiger partial charge on any atom is 0.410 e. The van der Waals surface area contributed by atoms with Crippen molar-refractivity contribution in [2.75, 3.05) is 13.1 Å². The largest absolute Gasteiger partial charge is 0.444 e. The summed E-state index contributed by atoms with van der Waals surface area (Å²) in [6.07, 6.45) is 0.486. The lowest BCUT2D eigenvalue weighted by molar-refractivity contribution is -0.0345. The number of carbonyl (C=O) groups excluding carboxylic acids is 1. The summed E-state index contributed by atoms with van der Waals surface area (Å²) >= 11 is 1.55. The molecule has 0 aromatic carbocycles. The fourth-order valence-electron chi connectivity index (χ4n) is 3.02. The minimum atomic E-state index is -1.86. The number of ether oxygens (including phenoxy) is 1. The fraction of sp³-hybridized carbons (Fsp3) is 0.800. The van der Waals surface area contributed by atoms with E-state index in [4.69, 9.17) is 9.72 Å². The molecule has 1 amide bonds. The molecule has 28 heavy (non-hydrogen) atoms. The first-order chi connectivity index (χ1) is 12.6. The molecule has 1 fully saturated rings. The Hall–Kier alpha value is -0.963. The summed E-state index contributed by atoms with van der Waals surface area (Å²) in [4.78, 5) is 19.5. The number of rotatable bonds is 3. The number of aliphatic hydroxyl groups excluding tert-OH is 1. The average Bonchev–Trinajstić information content (AvgIpc) is 2.98. The van der Waals surface area contributed by atoms with Crippen LogP contribution in [0.5, 0.6) is 0 Å². The molecule has 1 saturated heterocycles. The van der Waals surface area contributed by atoms with Gasteiger partial charge in [-0.1, -0.05) is 33.9 Å². The standard InChI is InChI=1S/C20H36N2O4SSi/c1-18(2,3)26-17(24)22-11-9-20(25,10-12-22)15-14(13-23)21-16(27-15)28(7,8)19(4,5)6/h23,25H,9-13H2,1-8H3. The van der Waals surface area contributed by atoms with E-state index in [1.807, 2.05) is 20.8 Å². The van der Waals surface area contributed by atoms with E-state index in [0.717, 1.165) is 9.51 Å². The van der Waals surface area contributed by atoms with E-state index >= 15 is 0 Å². The van der Waals surface area contributed by atoms with Crippen molar-refractivity contribution in [2.45, 2.75) is 90.3 Å². The van der Waals surface area contributed by atoms with Crippen LogP contribution in [0, 0.1) is 0 Å². The zero-order chi connectivity index (χ0) is 21.5. The summed E-state index contributed by atoms with van der Waals surface area (Å²) in [6.45, 7) is 17.5. The number of piperidine rings is 1. The monoisotopic (exact) mass is 428 g/mol. The van der Waals surface area contributed by atoms with Crippen LogP contribution in [0.1, 0.15) is 65.0 Å². The Morgan fingerprint density at radius 3 is 2.18 bits per heavy atom. The summed E-state index contributed by atoms with van der Waals surface area (Å²) < 4.78 is 6.50. The molecule has 0 atom stereocenters. The number of thiazole rings is 1. The van der Waals surface area contributed by atoms with Crippen molar-refractivity contribution in [1.82, 2.24) is 9.88 Å². The van der Waals surface area contributed by atoms with Crippen LogP contribution in [0.2, 0.25) is 18.1 Å². The first kappa shape index (κ1) is 23.3. The lowest BCUT2D eigenvalue weighted by Gasteiger charge is -2.38. The van der Waals surface area contributed by atoms with E-state index in [1.54, 1.807) is 16.2 Å². The molecule has 1 aliphatic rings. The van der Waals surface area contributed by atoms with Crippen LogP contribution in [0.4, 0.5) is 4.79 Å². The first-order valence-electron chi connectivity index (χ1n) is 9.92. The number of likely N-dealkylation sites (tertiary alicyclic amines) is 1. The van der Waals surface area contributed by atoms with Crippen molar-refractivity contribution in [1.29, 1.82) is 0 Å². The van der Waals surface area contributed by atoms with Gasteiger partial charge in [0.15, 0.2) is 0 Å². The molecule has 8 heteroatoms. The molecular formula is C20H36N2O4SSi. The molecule has 0 spiro atoms. The highest BCUT2D eigenvalue weighted by atomic mass is 32.1. The second-order valence-corrected chi connectivity index (χ2v) is 16.9. The molecule has 1 aromatic rings. The zero-order valence-electron chi connectivity index (χ0n) is 18.5. The van der Waals surface area contributed by atoms with Crippen LogP contribution < -0.4 is 4.63 Å². The number of aliphatic hydroxyl groups is 2. The Morgan fingerprint density at radius 2 is 1.75 bits per heavy atom. The minimum Gasteiger partial charge on any atom is -0.444 e. The van der Waals surface area contributed by atoms with Gasteiger partial charge < -0.3 is 19.8 Å². The van der Waals surface area contributed by atoms with Gasteiger partial charge in [0.05, 0.1) is 21.8 Å². The van der Waals surface area contributed by atoms with Gasteiger partial charge in [-0.15, -0.1) is 11.3 Å². The number of nitrogens with zero attached hydrogens (tertiary/aromatic N) is 2. The Morgan fingerprint density at radius 1 is 1.21 bits per heavy atom. The second-order valence-electron chi connectivity index (χ2n) is 10.3.